The van der Waals surface area contributed by atoms with Crippen LogP contribution in [0.3, 0.4) is 0 Å². The molecule has 1 fully saturated rings. The number of aryl methyl sites for hydroxylation is 1. The molecule has 4 rings (SSSR count). The summed E-state index contributed by atoms with van der Waals surface area (Å²) >= 11 is 0. The van der Waals surface area contributed by atoms with Gasteiger partial charge in [-0.3, -0.25) is 4.79 Å². The standard InChI is InChI=1S/C20H19N3O3/c1-14-6-5-9-19(21-14)25-16-10-11-23(13-16)20(24)17-12-18(26-22-17)15-7-3-2-4-8-15/h2-9,12,16H,10-11,13H2,1H3. The first-order chi connectivity index (χ1) is 12.7. The number of carbonyl (C=O) groups is 1. The van der Waals surface area contributed by atoms with Crippen molar-refractivity contribution in [3.8, 4) is 17.2 Å². The number of rotatable bonds is 4. The second kappa shape index (κ2) is 7.00. The van der Waals surface area contributed by atoms with Gasteiger partial charge in [-0.2, -0.15) is 0 Å². The predicted octanol–water partition coefficient (Wildman–Crippen LogP) is 3.34. The van der Waals surface area contributed by atoms with E-state index in [1.807, 2.05) is 55.5 Å². The highest BCUT2D eigenvalue weighted by Crippen LogP contribution is 2.22. The highest BCUT2D eigenvalue weighted by atomic mass is 16.5. The lowest BCUT2D eigenvalue weighted by atomic mass is 10.1. The molecule has 0 saturated carbocycles. The minimum atomic E-state index is -0.140. The fraction of sp³-hybridized carbons (Fsp3) is 0.250. The number of nitrogens with zero attached hydrogens (tertiary/aromatic N) is 3. The quantitative estimate of drug-likeness (QED) is 0.723. The molecule has 1 aromatic carbocycles. The maximum absolute atomic E-state index is 12.7. The normalized spacial score (nSPS) is 16.7. The Balaban J connectivity index is 1.41. The van der Waals surface area contributed by atoms with Crippen molar-refractivity contribution in [3.05, 3.63) is 66.0 Å². The minimum Gasteiger partial charge on any atom is -0.472 e. The summed E-state index contributed by atoms with van der Waals surface area (Å²) < 4.78 is 11.2. The second-order valence-electron chi connectivity index (χ2n) is 6.34. The SMILES string of the molecule is Cc1cccc(OC2CCN(C(=O)c3cc(-c4ccccc4)on3)C2)n1. The van der Waals surface area contributed by atoms with Crippen LogP contribution >= 0.6 is 0 Å². The van der Waals surface area contributed by atoms with Gasteiger partial charge in [-0.05, 0) is 13.0 Å². The van der Waals surface area contributed by atoms with Gasteiger partial charge in [-0.1, -0.05) is 41.6 Å². The molecule has 2 aromatic heterocycles. The van der Waals surface area contributed by atoms with Crippen molar-refractivity contribution < 1.29 is 14.1 Å². The molecule has 1 atom stereocenters. The summed E-state index contributed by atoms with van der Waals surface area (Å²) in [6, 6.07) is 17.0. The van der Waals surface area contributed by atoms with Crippen LogP contribution in [0.25, 0.3) is 11.3 Å². The molecule has 3 heterocycles. The third-order valence-electron chi connectivity index (χ3n) is 4.37. The first kappa shape index (κ1) is 16.3. The maximum atomic E-state index is 12.7. The molecule has 0 spiro atoms. The Hall–Kier alpha value is -3.15. The summed E-state index contributed by atoms with van der Waals surface area (Å²) in [5.41, 5.74) is 2.12. The Morgan fingerprint density at radius 1 is 1.19 bits per heavy atom. The molecule has 0 bridgehead atoms. The molecule has 1 saturated heterocycles. The summed E-state index contributed by atoms with van der Waals surface area (Å²) in [7, 11) is 0. The topological polar surface area (TPSA) is 68.5 Å². The lowest BCUT2D eigenvalue weighted by molar-refractivity contribution is 0.0761. The summed E-state index contributed by atoms with van der Waals surface area (Å²) in [5, 5.41) is 3.94. The van der Waals surface area contributed by atoms with E-state index in [0.717, 1.165) is 17.7 Å². The summed E-state index contributed by atoms with van der Waals surface area (Å²) in [5.74, 6) is 1.04. The number of carbonyl (C=O) groups excluding carboxylic acids is 1. The van der Waals surface area contributed by atoms with Gasteiger partial charge < -0.3 is 14.2 Å². The van der Waals surface area contributed by atoms with Crippen LogP contribution in [-0.2, 0) is 0 Å². The molecule has 132 valence electrons. The molecule has 1 aliphatic heterocycles. The maximum Gasteiger partial charge on any atom is 0.276 e. The first-order valence-electron chi connectivity index (χ1n) is 8.61. The molecular weight excluding hydrogens is 330 g/mol. The van der Waals surface area contributed by atoms with Crippen LogP contribution < -0.4 is 4.74 Å². The highest BCUT2D eigenvalue weighted by Gasteiger charge is 2.30. The van der Waals surface area contributed by atoms with Crippen molar-refractivity contribution in [2.75, 3.05) is 13.1 Å². The van der Waals surface area contributed by atoms with Crippen molar-refractivity contribution >= 4 is 5.91 Å². The number of benzene rings is 1. The summed E-state index contributed by atoms with van der Waals surface area (Å²) in [6.07, 6.45) is 0.707. The molecule has 1 aliphatic rings. The number of pyridine rings is 1. The van der Waals surface area contributed by atoms with E-state index in [9.17, 15) is 4.79 Å². The van der Waals surface area contributed by atoms with Crippen LogP contribution in [-0.4, -0.2) is 40.1 Å². The van der Waals surface area contributed by atoms with Gasteiger partial charge in [0.15, 0.2) is 11.5 Å². The number of hydrogen-bond donors (Lipinski definition) is 0. The monoisotopic (exact) mass is 349 g/mol. The Labute approximate surface area is 151 Å². The van der Waals surface area contributed by atoms with E-state index >= 15 is 0 Å². The zero-order valence-corrected chi connectivity index (χ0v) is 14.5. The van der Waals surface area contributed by atoms with Crippen LogP contribution in [0.15, 0.2) is 59.1 Å². The number of amides is 1. The molecule has 1 amide bonds. The van der Waals surface area contributed by atoms with Crippen LogP contribution in [0.5, 0.6) is 5.88 Å². The van der Waals surface area contributed by atoms with E-state index in [4.69, 9.17) is 9.26 Å². The molecular formula is C20H19N3O3. The summed E-state index contributed by atoms with van der Waals surface area (Å²) in [4.78, 5) is 18.8. The van der Waals surface area contributed by atoms with Crippen LogP contribution in [0.4, 0.5) is 0 Å². The van der Waals surface area contributed by atoms with Crippen molar-refractivity contribution in [1.29, 1.82) is 0 Å². The van der Waals surface area contributed by atoms with Gasteiger partial charge in [-0.15, -0.1) is 0 Å². The molecule has 0 N–H and O–H groups in total. The van der Waals surface area contributed by atoms with E-state index < -0.39 is 0 Å². The Bertz CT molecular complexity index is 907. The van der Waals surface area contributed by atoms with Crippen molar-refractivity contribution in [2.45, 2.75) is 19.4 Å². The van der Waals surface area contributed by atoms with Crippen molar-refractivity contribution in [3.63, 3.8) is 0 Å². The minimum absolute atomic E-state index is 0.0613. The fourth-order valence-electron chi connectivity index (χ4n) is 3.04. The van der Waals surface area contributed by atoms with Crippen LogP contribution in [0, 0.1) is 6.92 Å². The van der Waals surface area contributed by atoms with Gasteiger partial charge in [0, 0.05) is 36.4 Å². The Kier molecular flexibility index (Phi) is 4.39. The predicted molar refractivity (Wildman–Crippen MR) is 95.8 cm³/mol. The third-order valence-corrected chi connectivity index (χ3v) is 4.37. The number of aromatic nitrogens is 2. The molecule has 1 unspecified atom stereocenters. The van der Waals surface area contributed by atoms with Crippen molar-refractivity contribution in [2.24, 2.45) is 0 Å². The van der Waals surface area contributed by atoms with E-state index in [0.29, 0.717) is 30.4 Å². The largest absolute Gasteiger partial charge is 0.472 e. The number of ether oxygens (including phenoxy) is 1. The molecule has 0 radical (unpaired) electrons. The number of hydrogen-bond acceptors (Lipinski definition) is 5. The average molecular weight is 349 g/mol. The second-order valence-corrected chi connectivity index (χ2v) is 6.34. The molecule has 6 nitrogen and oxygen atoms in total. The zero-order valence-electron chi connectivity index (χ0n) is 14.5. The van der Waals surface area contributed by atoms with Gasteiger partial charge in [-0.25, -0.2) is 4.98 Å². The smallest absolute Gasteiger partial charge is 0.276 e. The third kappa shape index (κ3) is 3.44. The first-order valence-corrected chi connectivity index (χ1v) is 8.61. The van der Waals surface area contributed by atoms with Crippen LogP contribution in [0.1, 0.15) is 22.6 Å². The van der Waals surface area contributed by atoms with Gasteiger partial charge in [0.1, 0.15) is 6.10 Å². The molecule has 26 heavy (non-hydrogen) atoms. The van der Waals surface area contributed by atoms with Crippen molar-refractivity contribution in [1.82, 2.24) is 15.0 Å². The Morgan fingerprint density at radius 2 is 2.04 bits per heavy atom. The summed E-state index contributed by atoms with van der Waals surface area (Å²) in [6.45, 7) is 3.07. The van der Waals surface area contributed by atoms with Gasteiger partial charge in [0.2, 0.25) is 5.88 Å². The number of likely N-dealkylation sites (tertiary alicyclic amines) is 1. The van der Waals surface area contributed by atoms with Gasteiger partial charge in [0.05, 0.1) is 6.54 Å². The molecule has 6 heteroatoms. The lowest BCUT2D eigenvalue weighted by Crippen LogP contribution is -2.31. The van der Waals surface area contributed by atoms with E-state index in [1.165, 1.54) is 0 Å². The highest BCUT2D eigenvalue weighted by molar-refractivity contribution is 5.93. The van der Waals surface area contributed by atoms with Crippen LogP contribution in [0.2, 0.25) is 0 Å². The van der Waals surface area contributed by atoms with Gasteiger partial charge >= 0.3 is 0 Å². The van der Waals surface area contributed by atoms with E-state index in [-0.39, 0.29) is 12.0 Å². The zero-order chi connectivity index (χ0) is 17.9. The molecule has 0 aliphatic carbocycles. The van der Waals surface area contributed by atoms with Gasteiger partial charge in [0.25, 0.3) is 5.91 Å². The van der Waals surface area contributed by atoms with E-state index in [1.54, 1.807) is 11.0 Å². The van der Waals surface area contributed by atoms with E-state index in [2.05, 4.69) is 10.1 Å². The lowest BCUT2D eigenvalue weighted by Gasteiger charge is -2.15. The molecule has 3 aromatic rings. The fourth-order valence-corrected chi connectivity index (χ4v) is 3.04. The average Bonchev–Trinajstić information content (AvgIpc) is 3.32. The Morgan fingerprint density at radius 3 is 2.85 bits per heavy atom.